The van der Waals surface area contributed by atoms with Crippen LogP contribution in [0.3, 0.4) is 0 Å². The molecule has 0 saturated carbocycles. The summed E-state index contributed by atoms with van der Waals surface area (Å²) < 4.78 is 17.2. The van der Waals surface area contributed by atoms with E-state index in [1.807, 2.05) is 13.1 Å². The van der Waals surface area contributed by atoms with Gasteiger partial charge in [0.25, 0.3) is 0 Å². The minimum atomic E-state index is -0.590. The molecular formula is C34H46N2O7. The molecule has 2 unspecified atom stereocenters. The number of ether oxygens (including phenoxy) is 3. The van der Waals surface area contributed by atoms with Crippen molar-refractivity contribution in [2.45, 2.75) is 95.9 Å². The zero-order valence-electron chi connectivity index (χ0n) is 25.5. The number of hydrogen-bond donors (Lipinski definition) is 2. The first-order chi connectivity index (χ1) is 20.9. The Hall–Kier alpha value is -3.59. The second-order valence-corrected chi connectivity index (χ2v) is 11.6. The predicted octanol–water partition coefficient (Wildman–Crippen LogP) is 5.39. The molecule has 9 heteroatoms. The van der Waals surface area contributed by atoms with Crippen molar-refractivity contribution in [1.82, 2.24) is 10.2 Å². The Kier molecular flexibility index (Phi) is 12.3. The van der Waals surface area contributed by atoms with Crippen LogP contribution in [0.1, 0.15) is 87.1 Å². The average molecular weight is 595 g/mol. The van der Waals surface area contributed by atoms with Gasteiger partial charge in [-0.05, 0) is 56.1 Å². The van der Waals surface area contributed by atoms with Crippen molar-refractivity contribution in [1.29, 1.82) is 0 Å². The van der Waals surface area contributed by atoms with Gasteiger partial charge in [0.2, 0.25) is 5.91 Å². The molecule has 2 saturated heterocycles. The van der Waals surface area contributed by atoms with Gasteiger partial charge in [0.1, 0.15) is 25.2 Å². The van der Waals surface area contributed by atoms with Gasteiger partial charge in [-0.15, -0.1) is 0 Å². The molecule has 2 bridgehead atoms. The van der Waals surface area contributed by atoms with E-state index >= 15 is 0 Å². The first-order valence-corrected chi connectivity index (χ1v) is 15.7. The van der Waals surface area contributed by atoms with E-state index in [1.54, 1.807) is 36.4 Å². The number of hydrogen-bond acceptors (Lipinski definition) is 8. The monoisotopic (exact) mass is 594 g/mol. The van der Waals surface area contributed by atoms with Crippen molar-refractivity contribution in [3.8, 4) is 11.5 Å². The van der Waals surface area contributed by atoms with E-state index in [9.17, 15) is 19.5 Å². The molecule has 2 aromatic carbocycles. The molecule has 2 N–H and O–H groups in total. The zero-order chi connectivity index (χ0) is 30.6. The zero-order valence-corrected chi connectivity index (χ0v) is 25.5. The van der Waals surface area contributed by atoms with E-state index in [0.717, 1.165) is 37.7 Å². The number of esters is 2. The molecule has 234 valence electrons. The largest absolute Gasteiger partial charge is 0.504 e. The fraction of sp³-hybridized carbons (Fsp3) is 0.559. The molecule has 0 aliphatic carbocycles. The van der Waals surface area contributed by atoms with Crippen LogP contribution in [0.5, 0.6) is 11.5 Å². The molecule has 9 nitrogen and oxygen atoms in total. The number of phenols is 1. The van der Waals surface area contributed by atoms with Gasteiger partial charge in [0.15, 0.2) is 11.5 Å². The Morgan fingerprint density at radius 2 is 1.74 bits per heavy atom. The highest BCUT2D eigenvalue weighted by Gasteiger charge is 2.51. The summed E-state index contributed by atoms with van der Waals surface area (Å²) in [5.74, 6) is -1.22. The molecule has 2 aliphatic heterocycles. The average Bonchev–Trinajstić information content (AvgIpc) is 3.24. The summed E-state index contributed by atoms with van der Waals surface area (Å²) in [5.41, 5.74) is 1.25. The smallest absolute Gasteiger partial charge is 0.338 e. The number of piperidine rings is 1. The van der Waals surface area contributed by atoms with E-state index in [4.69, 9.17) is 14.2 Å². The van der Waals surface area contributed by atoms with Crippen LogP contribution >= 0.6 is 0 Å². The summed E-state index contributed by atoms with van der Waals surface area (Å²) in [6.45, 7) is 2.54. The number of fused-ring (bicyclic) bond motifs is 2. The quantitative estimate of drug-likeness (QED) is 0.196. The molecule has 0 spiro atoms. The van der Waals surface area contributed by atoms with E-state index in [0.29, 0.717) is 24.9 Å². The van der Waals surface area contributed by atoms with E-state index in [2.05, 4.69) is 17.1 Å². The van der Waals surface area contributed by atoms with Crippen LogP contribution < -0.4 is 10.1 Å². The standard InChI is InChI=1S/C34H46N2O7/c1-3-4-5-6-7-11-14-31(38)35-23-24-15-18-28(37)29(21-24)41-19-20-42-34(40)32-27-17-16-26(36(27)2)22-30(32)43-33(39)25-12-9-8-10-13-25/h8-10,12-13,15,18,21,26-27,30,32,37H,3-7,11,14,16-17,19-20,22-23H2,1-2H3,(H,35,38)/t26?,27?,30-,32-/m0/s1. The highest BCUT2D eigenvalue weighted by molar-refractivity contribution is 5.89. The fourth-order valence-corrected chi connectivity index (χ4v) is 6.16. The van der Waals surface area contributed by atoms with Gasteiger partial charge in [-0.25, -0.2) is 4.79 Å². The maximum absolute atomic E-state index is 13.3. The Bertz CT molecular complexity index is 1200. The summed E-state index contributed by atoms with van der Waals surface area (Å²) in [5, 5.41) is 13.2. The summed E-state index contributed by atoms with van der Waals surface area (Å²) in [7, 11) is 2.01. The Labute approximate surface area is 254 Å². The number of nitrogens with zero attached hydrogens (tertiary/aromatic N) is 1. The summed E-state index contributed by atoms with van der Waals surface area (Å²) >= 11 is 0. The van der Waals surface area contributed by atoms with E-state index in [-0.39, 0.29) is 42.7 Å². The second-order valence-electron chi connectivity index (χ2n) is 11.6. The number of phenolic OH excluding ortho intramolecular Hbond substituents is 1. The van der Waals surface area contributed by atoms with Crippen LogP contribution in [0.2, 0.25) is 0 Å². The molecule has 0 aromatic heterocycles. The van der Waals surface area contributed by atoms with Crippen LogP contribution in [0.15, 0.2) is 48.5 Å². The normalized spacial score (nSPS) is 21.3. The van der Waals surface area contributed by atoms with Crippen LogP contribution in [-0.4, -0.2) is 66.3 Å². The lowest BCUT2D eigenvalue weighted by atomic mass is 9.87. The van der Waals surface area contributed by atoms with Gasteiger partial charge in [-0.2, -0.15) is 0 Å². The van der Waals surface area contributed by atoms with Crippen molar-refractivity contribution in [3.63, 3.8) is 0 Å². The fourth-order valence-electron chi connectivity index (χ4n) is 6.16. The van der Waals surface area contributed by atoms with Crippen LogP contribution in [0.4, 0.5) is 0 Å². The van der Waals surface area contributed by atoms with Crippen LogP contribution in [0, 0.1) is 5.92 Å². The number of aromatic hydroxyl groups is 1. The Morgan fingerprint density at radius 1 is 0.977 bits per heavy atom. The number of nitrogens with one attached hydrogen (secondary N) is 1. The maximum Gasteiger partial charge on any atom is 0.338 e. The van der Waals surface area contributed by atoms with Crippen molar-refractivity contribution in [2.24, 2.45) is 5.92 Å². The molecule has 4 atom stereocenters. The van der Waals surface area contributed by atoms with Crippen LogP contribution in [-0.2, 0) is 25.6 Å². The number of benzene rings is 2. The Morgan fingerprint density at radius 3 is 2.53 bits per heavy atom. The molecule has 1 amide bonds. The molecule has 2 heterocycles. The molecular weight excluding hydrogens is 548 g/mol. The van der Waals surface area contributed by atoms with Crippen molar-refractivity contribution in [2.75, 3.05) is 20.3 Å². The van der Waals surface area contributed by atoms with Crippen LogP contribution in [0.25, 0.3) is 0 Å². The topological polar surface area (TPSA) is 114 Å². The first-order valence-electron chi connectivity index (χ1n) is 15.7. The molecule has 0 radical (unpaired) electrons. The lowest BCUT2D eigenvalue weighted by Gasteiger charge is -2.40. The lowest BCUT2D eigenvalue weighted by Crippen LogP contribution is -2.53. The van der Waals surface area contributed by atoms with Gasteiger partial charge < -0.3 is 24.6 Å². The molecule has 2 aromatic rings. The molecule has 2 aliphatic rings. The summed E-state index contributed by atoms with van der Waals surface area (Å²) in [6.07, 6.45) is 9.08. The van der Waals surface area contributed by atoms with Gasteiger partial charge in [0, 0.05) is 31.5 Å². The molecule has 43 heavy (non-hydrogen) atoms. The van der Waals surface area contributed by atoms with Crippen molar-refractivity contribution in [3.05, 3.63) is 59.7 Å². The predicted molar refractivity (Wildman–Crippen MR) is 163 cm³/mol. The second kappa shape index (κ2) is 16.3. The van der Waals surface area contributed by atoms with Gasteiger partial charge in [0.05, 0.1) is 5.56 Å². The van der Waals surface area contributed by atoms with E-state index < -0.39 is 24.0 Å². The summed E-state index contributed by atoms with van der Waals surface area (Å²) in [4.78, 5) is 40.5. The summed E-state index contributed by atoms with van der Waals surface area (Å²) in [6, 6.07) is 13.9. The number of carbonyl (C=O) groups excluding carboxylic acids is 3. The number of unbranched alkanes of at least 4 members (excludes halogenated alkanes) is 5. The molecule has 4 rings (SSSR count). The van der Waals surface area contributed by atoms with Gasteiger partial charge in [-0.1, -0.05) is 63.3 Å². The maximum atomic E-state index is 13.3. The first kappa shape index (κ1) is 32.3. The number of carbonyl (C=O) groups is 3. The lowest BCUT2D eigenvalue weighted by molar-refractivity contribution is -0.159. The number of rotatable bonds is 16. The molecule has 2 fully saturated rings. The minimum Gasteiger partial charge on any atom is -0.504 e. The highest BCUT2D eigenvalue weighted by Crippen LogP contribution is 2.40. The van der Waals surface area contributed by atoms with Crippen molar-refractivity contribution < 1.29 is 33.7 Å². The third-order valence-electron chi connectivity index (χ3n) is 8.61. The SMILES string of the molecule is CCCCCCCCC(=O)NCc1ccc(O)c(OCCOC(=O)[C@H]2C3CCC(C[C@@H]2OC(=O)c2ccccc2)N3C)c1. The highest BCUT2D eigenvalue weighted by atomic mass is 16.6. The van der Waals surface area contributed by atoms with Crippen molar-refractivity contribution >= 4 is 17.8 Å². The van der Waals surface area contributed by atoms with Gasteiger partial charge >= 0.3 is 11.9 Å². The van der Waals surface area contributed by atoms with Gasteiger partial charge in [-0.3, -0.25) is 14.5 Å². The third-order valence-corrected chi connectivity index (χ3v) is 8.61. The Balaban J connectivity index is 1.24. The minimum absolute atomic E-state index is 0.00707. The van der Waals surface area contributed by atoms with E-state index in [1.165, 1.54) is 25.3 Å². The third kappa shape index (κ3) is 9.20. The number of amides is 1.